The molecule has 0 rings (SSSR count). The van der Waals surface area contributed by atoms with Crippen LogP contribution in [0.2, 0.25) is 0 Å². The van der Waals surface area contributed by atoms with Crippen molar-refractivity contribution in [1.29, 1.82) is 0 Å². The Morgan fingerprint density at radius 1 is 0.476 bits per heavy atom. The molecule has 0 aromatic carbocycles. The summed E-state index contributed by atoms with van der Waals surface area (Å²) in [5.74, 6) is -0.855. The van der Waals surface area contributed by atoms with Crippen LogP contribution in [0, 0.1) is 0 Å². The Balaban J connectivity index is 4.12. The lowest BCUT2D eigenvalue weighted by Gasteiger charge is -2.19. The van der Waals surface area contributed by atoms with Gasteiger partial charge >= 0.3 is 19.8 Å². The van der Waals surface area contributed by atoms with Crippen LogP contribution in [0.3, 0.4) is 0 Å². The van der Waals surface area contributed by atoms with Crippen LogP contribution in [0.4, 0.5) is 0 Å². The maximum atomic E-state index is 12.7. The van der Waals surface area contributed by atoms with Crippen LogP contribution in [-0.2, 0) is 32.7 Å². The summed E-state index contributed by atoms with van der Waals surface area (Å²) in [5, 5.41) is 0. The maximum Gasteiger partial charge on any atom is 0.472 e. The molecule has 360 valence electrons. The maximum absolute atomic E-state index is 12.7. The van der Waals surface area contributed by atoms with Gasteiger partial charge in [0.2, 0.25) is 0 Å². The second-order valence-electron chi connectivity index (χ2n) is 15.9. The zero-order valence-corrected chi connectivity index (χ0v) is 40.7. The molecule has 0 aromatic rings. The Kier molecular flexibility index (Phi) is 46.0. The van der Waals surface area contributed by atoms with Gasteiger partial charge in [-0.25, -0.2) is 4.57 Å². The predicted molar refractivity (Wildman–Crippen MR) is 265 cm³/mol. The molecule has 3 N–H and O–H groups in total. The highest BCUT2D eigenvalue weighted by Crippen LogP contribution is 2.43. The molecule has 0 heterocycles. The van der Waals surface area contributed by atoms with Gasteiger partial charge in [0.05, 0.1) is 13.2 Å². The molecule has 0 spiro atoms. The Morgan fingerprint density at radius 3 is 1.22 bits per heavy atom. The van der Waals surface area contributed by atoms with E-state index in [1.807, 2.05) is 0 Å². The molecule has 0 amide bonds. The molecule has 0 fully saturated rings. The molecule has 0 saturated heterocycles. The highest BCUT2D eigenvalue weighted by molar-refractivity contribution is 7.47. The first kappa shape index (κ1) is 59.9. The number of esters is 2. The topological polar surface area (TPSA) is 134 Å². The lowest BCUT2D eigenvalue weighted by Crippen LogP contribution is -2.29. The fourth-order valence-electron chi connectivity index (χ4n) is 6.38. The van der Waals surface area contributed by atoms with E-state index in [2.05, 4.69) is 111 Å². The molecule has 0 aliphatic carbocycles. The summed E-state index contributed by atoms with van der Waals surface area (Å²) in [6.07, 6.45) is 62.9. The van der Waals surface area contributed by atoms with E-state index in [-0.39, 0.29) is 32.6 Å². The van der Waals surface area contributed by atoms with Gasteiger partial charge in [-0.15, -0.1) is 0 Å². The second-order valence-corrected chi connectivity index (χ2v) is 17.4. The number of hydrogen-bond donors (Lipinski definition) is 2. The van der Waals surface area contributed by atoms with Gasteiger partial charge in [0, 0.05) is 19.4 Å². The molecule has 0 saturated carbocycles. The largest absolute Gasteiger partial charge is 0.472 e. The molecule has 0 aliphatic heterocycles. The summed E-state index contributed by atoms with van der Waals surface area (Å²) in [5.41, 5.74) is 5.36. The normalized spacial score (nSPS) is 14.0. The number of carbonyl (C=O) groups is 2. The fourth-order valence-corrected chi connectivity index (χ4v) is 7.15. The fraction of sp³-hybridized carbons (Fsp3) is 0.660. The SMILES string of the molecule is CC/C=C\C/C=C\C/C=C\C/C=C\CCCCCCCCCCCCC(=O)OC(COC(=O)CCCCCCCC/C=C\C/C=C\C/C=C\C/C=C\CC)COP(=O)(O)OCCN. The second kappa shape index (κ2) is 48.4. The van der Waals surface area contributed by atoms with Gasteiger partial charge in [-0.2, -0.15) is 0 Å². The van der Waals surface area contributed by atoms with E-state index in [4.69, 9.17) is 24.3 Å². The summed E-state index contributed by atoms with van der Waals surface area (Å²) in [4.78, 5) is 35.0. The smallest absolute Gasteiger partial charge is 0.462 e. The van der Waals surface area contributed by atoms with E-state index in [1.165, 1.54) is 38.5 Å². The molecule has 0 aliphatic rings. The molecule has 9 nitrogen and oxygen atoms in total. The van der Waals surface area contributed by atoms with Crippen LogP contribution >= 0.6 is 7.82 Å². The van der Waals surface area contributed by atoms with Gasteiger partial charge < -0.3 is 20.1 Å². The van der Waals surface area contributed by atoms with Gasteiger partial charge in [-0.05, 0) is 89.9 Å². The Hall–Kier alpha value is -3.07. The van der Waals surface area contributed by atoms with Gasteiger partial charge in [0.1, 0.15) is 6.61 Å². The quantitative estimate of drug-likeness (QED) is 0.0265. The zero-order chi connectivity index (χ0) is 46.0. The Bertz CT molecular complexity index is 1350. The summed E-state index contributed by atoms with van der Waals surface area (Å²) >= 11 is 0. The van der Waals surface area contributed by atoms with Gasteiger partial charge in [-0.3, -0.25) is 18.6 Å². The monoisotopic (exact) mass is 900 g/mol. The van der Waals surface area contributed by atoms with Crippen molar-refractivity contribution in [2.75, 3.05) is 26.4 Å². The molecule has 0 radical (unpaired) electrons. The van der Waals surface area contributed by atoms with Crippen LogP contribution in [-0.4, -0.2) is 49.3 Å². The molecular formula is C53H90NO8P. The number of hydrogen-bond acceptors (Lipinski definition) is 8. The number of ether oxygens (including phenoxy) is 2. The molecule has 0 aromatic heterocycles. The van der Waals surface area contributed by atoms with Gasteiger partial charge in [-0.1, -0.05) is 188 Å². The average molecular weight is 900 g/mol. The van der Waals surface area contributed by atoms with E-state index < -0.39 is 32.5 Å². The van der Waals surface area contributed by atoms with Crippen LogP contribution in [0.25, 0.3) is 0 Å². The van der Waals surface area contributed by atoms with Crippen molar-refractivity contribution < 1.29 is 37.6 Å². The number of nitrogens with two attached hydrogens (primary N) is 1. The summed E-state index contributed by atoms with van der Waals surface area (Å²) in [6, 6.07) is 0. The molecule has 2 unspecified atom stereocenters. The van der Waals surface area contributed by atoms with Crippen molar-refractivity contribution in [3.8, 4) is 0 Å². The van der Waals surface area contributed by atoms with E-state index in [0.717, 1.165) is 116 Å². The van der Waals surface area contributed by atoms with Crippen molar-refractivity contribution in [2.45, 2.75) is 200 Å². The average Bonchev–Trinajstić information content (AvgIpc) is 3.27. The van der Waals surface area contributed by atoms with Gasteiger partial charge in [0.15, 0.2) is 6.10 Å². The first-order valence-corrected chi connectivity index (χ1v) is 26.2. The van der Waals surface area contributed by atoms with Crippen molar-refractivity contribution in [1.82, 2.24) is 0 Å². The van der Waals surface area contributed by atoms with Gasteiger partial charge in [0.25, 0.3) is 0 Å². The molecular weight excluding hydrogens is 810 g/mol. The third-order valence-corrected chi connectivity index (χ3v) is 10.9. The van der Waals surface area contributed by atoms with E-state index >= 15 is 0 Å². The third-order valence-electron chi connectivity index (χ3n) is 9.97. The van der Waals surface area contributed by atoms with E-state index in [9.17, 15) is 19.0 Å². The zero-order valence-electron chi connectivity index (χ0n) is 39.8. The van der Waals surface area contributed by atoms with E-state index in [1.54, 1.807) is 0 Å². The van der Waals surface area contributed by atoms with Crippen LogP contribution in [0.5, 0.6) is 0 Å². The molecule has 2 atom stereocenters. The van der Waals surface area contributed by atoms with Crippen LogP contribution < -0.4 is 5.73 Å². The number of rotatable bonds is 45. The molecule has 63 heavy (non-hydrogen) atoms. The first-order valence-electron chi connectivity index (χ1n) is 24.7. The number of carbonyl (C=O) groups excluding carboxylic acids is 2. The van der Waals surface area contributed by atoms with Crippen molar-refractivity contribution in [2.24, 2.45) is 5.73 Å². The molecule has 0 bridgehead atoms. The number of phosphoric ester groups is 1. The Labute approximate surface area is 385 Å². The van der Waals surface area contributed by atoms with Crippen LogP contribution in [0.1, 0.15) is 194 Å². The molecule has 10 heteroatoms. The highest BCUT2D eigenvalue weighted by atomic mass is 31.2. The summed E-state index contributed by atoms with van der Waals surface area (Å²) in [7, 11) is -4.39. The minimum absolute atomic E-state index is 0.0454. The van der Waals surface area contributed by atoms with Crippen molar-refractivity contribution in [3.05, 3.63) is 97.2 Å². The highest BCUT2D eigenvalue weighted by Gasteiger charge is 2.26. The lowest BCUT2D eigenvalue weighted by atomic mass is 10.0. The first-order chi connectivity index (χ1) is 30.8. The lowest BCUT2D eigenvalue weighted by molar-refractivity contribution is -0.161. The van der Waals surface area contributed by atoms with E-state index in [0.29, 0.717) is 12.8 Å². The number of allylic oxidation sites excluding steroid dienone is 16. The minimum atomic E-state index is -4.39. The number of phosphoric acid groups is 1. The standard InChI is InChI=1S/C53H90NO8P/c1-3-5-7-9-11-13-15-17-19-21-23-24-25-26-28-30-32-34-36-38-40-42-44-46-53(56)62-51(50-61-63(57,58)60-48-47-54)49-59-52(55)45-43-41-39-37-35-33-31-29-27-22-20-18-16-14-12-10-8-6-4-2/h5-8,11-14,17-20,23-24,27,29,51H,3-4,9-10,15-16,21-22,25-26,28,30-50,54H2,1-2H3,(H,57,58)/b7-5-,8-6-,13-11-,14-12-,19-17-,20-18-,24-23-,29-27-. The summed E-state index contributed by atoms with van der Waals surface area (Å²) in [6.45, 7) is 3.48. The minimum Gasteiger partial charge on any atom is -0.462 e. The van der Waals surface area contributed by atoms with Crippen LogP contribution in [0.15, 0.2) is 97.2 Å². The third kappa shape index (κ3) is 48.2. The summed E-state index contributed by atoms with van der Waals surface area (Å²) < 4.78 is 32.9. The van der Waals surface area contributed by atoms with Crippen molar-refractivity contribution >= 4 is 19.8 Å². The number of unbranched alkanes of at least 4 members (excludes halogenated alkanes) is 16. The predicted octanol–water partition coefficient (Wildman–Crippen LogP) is 14.9. The Morgan fingerprint density at radius 2 is 0.825 bits per heavy atom. The van der Waals surface area contributed by atoms with Crippen molar-refractivity contribution in [3.63, 3.8) is 0 Å².